The Morgan fingerprint density at radius 1 is 1.64 bits per heavy atom. The Bertz CT molecular complexity index is 361. The topological polar surface area (TPSA) is 17.1 Å². The summed E-state index contributed by atoms with van der Waals surface area (Å²) in [6.45, 7) is 2.13. The summed E-state index contributed by atoms with van der Waals surface area (Å²) in [6.07, 6.45) is 3.06. The Labute approximate surface area is 89.1 Å². The van der Waals surface area contributed by atoms with Crippen LogP contribution in [0.4, 0.5) is 0 Å². The van der Waals surface area contributed by atoms with Gasteiger partial charge in [0.25, 0.3) is 0 Å². The zero-order chi connectivity index (χ0) is 10.2. The number of carbonyl (C=O) groups is 1. The van der Waals surface area contributed by atoms with Gasteiger partial charge < -0.3 is 4.79 Å². The van der Waals surface area contributed by atoms with Crippen LogP contribution in [0.2, 0.25) is 5.02 Å². The average Bonchev–Trinajstić information content (AvgIpc) is 2.93. The van der Waals surface area contributed by atoms with Crippen molar-refractivity contribution in [2.45, 2.75) is 25.2 Å². The number of aldehydes is 1. The second-order valence-corrected chi connectivity index (χ2v) is 4.40. The number of rotatable bonds is 3. The first-order chi connectivity index (χ1) is 6.73. The second kappa shape index (κ2) is 3.39. The molecule has 2 heteroatoms. The highest BCUT2D eigenvalue weighted by Crippen LogP contribution is 2.55. The summed E-state index contributed by atoms with van der Waals surface area (Å²) in [6, 6.07) is 7.87. The minimum absolute atomic E-state index is 0.0899. The van der Waals surface area contributed by atoms with Gasteiger partial charge in [-0.3, -0.25) is 0 Å². The molecule has 0 saturated heterocycles. The van der Waals surface area contributed by atoms with Crippen molar-refractivity contribution in [1.29, 1.82) is 0 Å². The maximum absolute atomic E-state index is 10.8. The molecule has 74 valence electrons. The maximum Gasteiger partial charge on any atom is 0.123 e. The van der Waals surface area contributed by atoms with E-state index in [1.54, 1.807) is 0 Å². The standard InChI is InChI=1S/C12H13ClO/c1-2-12(7-10(12)8-14)9-4-3-5-11(13)6-9/h3-6,8,10H,2,7H2,1H3. The molecule has 1 aromatic rings. The van der Waals surface area contributed by atoms with Crippen molar-refractivity contribution in [2.24, 2.45) is 5.92 Å². The molecule has 1 nitrogen and oxygen atoms in total. The van der Waals surface area contributed by atoms with Crippen molar-refractivity contribution < 1.29 is 4.79 Å². The predicted octanol–water partition coefficient (Wildman–Crippen LogP) is 3.21. The second-order valence-electron chi connectivity index (χ2n) is 3.97. The lowest BCUT2D eigenvalue weighted by Gasteiger charge is -2.14. The molecule has 0 aromatic heterocycles. The summed E-state index contributed by atoms with van der Waals surface area (Å²) in [5.41, 5.74) is 1.30. The monoisotopic (exact) mass is 208 g/mol. The fourth-order valence-electron chi connectivity index (χ4n) is 2.25. The number of benzene rings is 1. The van der Waals surface area contributed by atoms with Crippen LogP contribution in [0, 0.1) is 5.92 Å². The first-order valence-corrected chi connectivity index (χ1v) is 5.32. The van der Waals surface area contributed by atoms with Gasteiger partial charge in [-0.25, -0.2) is 0 Å². The van der Waals surface area contributed by atoms with E-state index in [4.69, 9.17) is 11.6 Å². The van der Waals surface area contributed by atoms with Crippen LogP contribution in [0.3, 0.4) is 0 Å². The maximum atomic E-state index is 10.8. The Kier molecular flexibility index (Phi) is 2.36. The zero-order valence-corrected chi connectivity index (χ0v) is 8.92. The van der Waals surface area contributed by atoms with Gasteiger partial charge in [-0.05, 0) is 30.5 Å². The van der Waals surface area contributed by atoms with E-state index in [0.29, 0.717) is 0 Å². The molecule has 2 unspecified atom stereocenters. The number of halogens is 1. The van der Waals surface area contributed by atoms with Crippen molar-refractivity contribution in [1.82, 2.24) is 0 Å². The third-order valence-electron chi connectivity index (χ3n) is 3.33. The van der Waals surface area contributed by atoms with Gasteiger partial charge in [0.2, 0.25) is 0 Å². The Hall–Kier alpha value is -0.820. The summed E-state index contributed by atoms with van der Waals surface area (Å²) >= 11 is 5.94. The molecule has 1 aliphatic carbocycles. The number of carbonyl (C=O) groups excluding carboxylic acids is 1. The molecular weight excluding hydrogens is 196 g/mol. The molecule has 0 radical (unpaired) electrons. The van der Waals surface area contributed by atoms with Gasteiger partial charge in [-0.2, -0.15) is 0 Å². The molecule has 1 aromatic carbocycles. The van der Waals surface area contributed by atoms with Crippen molar-refractivity contribution in [3.05, 3.63) is 34.9 Å². The van der Waals surface area contributed by atoms with Gasteiger partial charge >= 0.3 is 0 Å². The molecule has 0 amide bonds. The lowest BCUT2D eigenvalue weighted by Crippen LogP contribution is -2.09. The molecule has 1 aliphatic rings. The van der Waals surface area contributed by atoms with Crippen molar-refractivity contribution in [3.8, 4) is 0 Å². The van der Waals surface area contributed by atoms with Crippen molar-refractivity contribution in [2.75, 3.05) is 0 Å². The molecule has 0 aliphatic heterocycles. The van der Waals surface area contributed by atoms with E-state index in [2.05, 4.69) is 13.0 Å². The Morgan fingerprint density at radius 3 is 2.93 bits per heavy atom. The van der Waals surface area contributed by atoms with Crippen LogP contribution in [-0.4, -0.2) is 6.29 Å². The van der Waals surface area contributed by atoms with Crippen LogP contribution in [0.15, 0.2) is 24.3 Å². The summed E-state index contributed by atoms with van der Waals surface area (Å²) in [7, 11) is 0. The molecule has 1 saturated carbocycles. The third kappa shape index (κ3) is 1.36. The molecule has 0 spiro atoms. The van der Waals surface area contributed by atoms with E-state index in [1.165, 1.54) is 5.56 Å². The van der Waals surface area contributed by atoms with Crippen LogP contribution in [-0.2, 0) is 10.2 Å². The van der Waals surface area contributed by atoms with E-state index in [0.717, 1.165) is 24.2 Å². The van der Waals surface area contributed by atoms with Crippen LogP contribution < -0.4 is 0 Å². The van der Waals surface area contributed by atoms with E-state index in [1.807, 2.05) is 18.2 Å². The highest BCUT2D eigenvalue weighted by atomic mass is 35.5. The molecule has 0 N–H and O–H groups in total. The molecule has 0 heterocycles. The van der Waals surface area contributed by atoms with Gasteiger partial charge in [0, 0.05) is 16.4 Å². The number of hydrogen-bond acceptors (Lipinski definition) is 1. The average molecular weight is 209 g/mol. The highest BCUT2D eigenvalue weighted by Gasteiger charge is 2.53. The number of hydrogen-bond donors (Lipinski definition) is 0. The summed E-state index contributed by atoms with van der Waals surface area (Å²) in [5, 5.41) is 0.756. The van der Waals surface area contributed by atoms with Crippen molar-refractivity contribution in [3.63, 3.8) is 0 Å². The molecular formula is C12H13ClO. The largest absolute Gasteiger partial charge is 0.303 e. The Balaban J connectivity index is 2.34. The van der Waals surface area contributed by atoms with Crippen LogP contribution in [0.25, 0.3) is 0 Å². The summed E-state index contributed by atoms with van der Waals surface area (Å²) in [4.78, 5) is 10.8. The quantitative estimate of drug-likeness (QED) is 0.698. The first-order valence-electron chi connectivity index (χ1n) is 4.94. The van der Waals surface area contributed by atoms with E-state index in [-0.39, 0.29) is 11.3 Å². The summed E-state index contributed by atoms with van der Waals surface area (Å²) in [5.74, 6) is 0.200. The van der Waals surface area contributed by atoms with E-state index in [9.17, 15) is 4.79 Å². The zero-order valence-electron chi connectivity index (χ0n) is 8.16. The highest BCUT2D eigenvalue weighted by molar-refractivity contribution is 6.30. The van der Waals surface area contributed by atoms with Gasteiger partial charge in [-0.15, -0.1) is 0 Å². The van der Waals surface area contributed by atoms with Crippen LogP contribution >= 0.6 is 11.6 Å². The molecule has 14 heavy (non-hydrogen) atoms. The third-order valence-corrected chi connectivity index (χ3v) is 3.56. The normalized spacial score (nSPS) is 30.0. The summed E-state index contributed by atoms with van der Waals surface area (Å²) < 4.78 is 0. The SMILES string of the molecule is CCC1(c2cccc(Cl)c2)CC1C=O. The minimum atomic E-state index is 0.0899. The fourth-order valence-corrected chi connectivity index (χ4v) is 2.44. The lowest BCUT2D eigenvalue weighted by atomic mass is 9.91. The molecule has 0 bridgehead atoms. The van der Waals surface area contributed by atoms with Gasteiger partial charge in [-0.1, -0.05) is 30.7 Å². The van der Waals surface area contributed by atoms with E-state index < -0.39 is 0 Å². The van der Waals surface area contributed by atoms with Gasteiger partial charge in [0.1, 0.15) is 6.29 Å². The van der Waals surface area contributed by atoms with Crippen LogP contribution in [0.5, 0.6) is 0 Å². The smallest absolute Gasteiger partial charge is 0.123 e. The first kappa shape index (κ1) is 9.72. The Morgan fingerprint density at radius 2 is 2.43 bits per heavy atom. The molecule has 2 rings (SSSR count). The minimum Gasteiger partial charge on any atom is -0.303 e. The fraction of sp³-hybridized carbons (Fsp3) is 0.417. The lowest BCUT2D eigenvalue weighted by molar-refractivity contribution is -0.109. The van der Waals surface area contributed by atoms with E-state index >= 15 is 0 Å². The van der Waals surface area contributed by atoms with Crippen LogP contribution in [0.1, 0.15) is 25.3 Å². The molecule has 2 atom stereocenters. The van der Waals surface area contributed by atoms with Crippen molar-refractivity contribution >= 4 is 17.9 Å². The molecule has 1 fully saturated rings. The van der Waals surface area contributed by atoms with Gasteiger partial charge in [0.15, 0.2) is 0 Å². The van der Waals surface area contributed by atoms with Gasteiger partial charge in [0.05, 0.1) is 0 Å². The predicted molar refractivity (Wildman–Crippen MR) is 57.6 cm³/mol.